The van der Waals surface area contributed by atoms with Crippen LogP contribution in [0.4, 0.5) is 10.1 Å². The van der Waals surface area contributed by atoms with Gasteiger partial charge in [0.05, 0.1) is 5.41 Å². The molecule has 2 aromatic rings. The van der Waals surface area contributed by atoms with Crippen molar-refractivity contribution in [1.29, 1.82) is 0 Å². The van der Waals surface area contributed by atoms with E-state index in [4.69, 9.17) is 5.21 Å². The monoisotopic (exact) mass is 354 g/mol. The van der Waals surface area contributed by atoms with E-state index in [9.17, 15) is 14.0 Å². The van der Waals surface area contributed by atoms with Crippen LogP contribution in [-0.2, 0) is 17.6 Å². The van der Waals surface area contributed by atoms with Gasteiger partial charge < -0.3 is 4.90 Å². The summed E-state index contributed by atoms with van der Waals surface area (Å²) in [5.74, 6) is -0.760. The summed E-state index contributed by atoms with van der Waals surface area (Å²) < 4.78 is 13.2. The number of hydrogen-bond acceptors (Lipinski definition) is 3. The van der Waals surface area contributed by atoms with Gasteiger partial charge >= 0.3 is 0 Å². The maximum atomic E-state index is 13.2. The number of hydrogen-bond donors (Lipinski definition) is 2. The highest BCUT2D eigenvalue weighted by Crippen LogP contribution is 2.45. The van der Waals surface area contributed by atoms with Crippen molar-refractivity contribution in [2.75, 3.05) is 11.4 Å². The van der Waals surface area contributed by atoms with Crippen LogP contribution in [0.25, 0.3) is 0 Å². The van der Waals surface area contributed by atoms with Crippen LogP contribution in [0, 0.1) is 11.2 Å². The van der Waals surface area contributed by atoms with Crippen molar-refractivity contribution in [3.63, 3.8) is 0 Å². The largest absolute Gasteiger partial charge is 0.312 e. The molecule has 26 heavy (non-hydrogen) atoms. The van der Waals surface area contributed by atoms with E-state index in [-0.39, 0.29) is 11.7 Å². The van der Waals surface area contributed by atoms with Gasteiger partial charge in [-0.3, -0.25) is 14.8 Å². The van der Waals surface area contributed by atoms with E-state index >= 15 is 0 Å². The first-order valence-electron chi connectivity index (χ1n) is 8.66. The van der Waals surface area contributed by atoms with Crippen molar-refractivity contribution in [3.8, 4) is 0 Å². The molecule has 1 heterocycles. The average molecular weight is 354 g/mol. The van der Waals surface area contributed by atoms with Gasteiger partial charge in [-0.25, -0.2) is 9.87 Å². The van der Waals surface area contributed by atoms with Gasteiger partial charge in [-0.05, 0) is 73.2 Å². The van der Waals surface area contributed by atoms with Gasteiger partial charge in [0.2, 0.25) is 5.91 Å². The number of nitrogens with one attached hydrogen (secondary N) is 1. The van der Waals surface area contributed by atoms with Gasteiger partial charge in [0.15, 0.2) is 0 Å². The molecule has 2 amide bonds. The Morgan fingerprint density at radius 2 is 1.88 bits per heavy atom. The van der Waals surface area contributed by atoms with Crippen LogP contribution >= 0.6 is 0 Å². The van der Waals surface area contributed by atoms with E-state index in [0.717, 1.165) is 29.7 Å². The van der Waals surface area contributed by atoms with Gasteiger partial charge in [-0.1, -0.05) is 6.07 Å². The first-order chi connectivity index (χ1) is 12.5. The van der Waals surface area contributed by atoms with Gasteiger partial charge in [0.1, 0.15) is 5.82 Å². The van der Waals surface area contributed by atoms with Crippen molar-refractivity contribution < 1.29 is 19.2 Å². The molecule has 1 atom stereocenters. The third kappa shape index (κ3) is 2.66. The predicted molar refractivity (Wildman–Crippen MR) is 93.5 cm³/mol. The highest BCUT2D eigenvalue weighted by atomic mass is 19.1. The van der Waals surface area contributed by atoms with Crippen molar-refractivity contribution in [1.82, 2.24) is 5.48 Å². The second kappa shape index (κ2) is 6.21. The van der Waals surface area contributed by atoms with Crippen LogP contribution < -0.4 is 10.4 Å². The molecule has 134 valence electrons. The molecule has 4 rings (SSSR count). The van der Waals surface area contributed by atoms with Gasteiger partial charge in [-0.15, -0.1) is 0 Å². The Balaban J connectivity index is 1.59. The molecule has 0 radical (unpaired) electrons. The standard InChI is InChI=1S/C20H19FN2O3/c21-16-3-5-17(6-4-16)23-10-9-20(19(23)25)8-7-13-11-14(18(24)22-26)1-2-15(13)12-20/h1-6,11,26H,7-10,12H2,(H,22,24)/t20-/m0/s1. The highest BCUT2D eigenvalue weighted by molar-refractivity contribution is 6.00. The van der Waals surface area contributed by atoms with E-state index in [2.05, 4.69) is 0 Å². The Morgan fingerprint density at radius 1 is 1.12 bits per heavy atom. The maximum Gasteiger partial charge on any atom is 0.274 e. The fourth-order valence-corrected chi connectivity index (χ4v) is 4.15. The number of benzene rings is 2. The first-order valence-corrected chi connectivity index (χ1v) is 8.66. The molecular weight excluding hydrogens is 335 g/mol. The zero-order valence-electron chi connectivity index (χ0n) is 14.2. The van der Waals surface area contributed by atoms with E-state index in [1.54, 1.807) is 34.6 Å². The fraction of sp³-hybridized carbons (Fsp3) is 0.300. The summed E-state index contributed by atoms with van der Waals surface area (Å²) in [7, 11) is 0. The maximum absolute atomic E-state index is 13.2. The average Bonchev–Trinajstić information content (AvgIpc) is 2.97. The lowest BCUT2D eigenvalue weighted by Crippen LogP contribution is -2.38. The molecule has 6 heteroatoms. The number of fused-ring (bicyclic) bond motifs is 1. The van der Waals surface area contributed by atoms with Crippen LogP contribution in [0.1, 0.15) is 34.3 Å². The molecule has 1 spiro atoms. The Hall–Kier alpha value is -2.73. The Bertz CT molecular complexity index is 881. The summed E-state index contributed by atoms with van der Waals surface area (Å²) in [6.45, 7) is 0.630. The minimum absolute atomic E-state index is 0.0898. The first kappa shape index (κ1) is 16.7. The minimum Gasteiger partial charge on any atom is -0.312 e. The van der Waals surface area contributed by atoms with Crippen molar-refractivity contribution in [2.45, 2.75) is 25.7 Å². The lowest BCUT2D eigenvalue weighted by Gasteiger charge is -2.33. The number of amides is 2. The topological polar surface area (TPSA) is 69.6 Å². The molecule has 0 saturated carbocycles. The lowest BCUT2D eigenvalue weighted by molar-refractivity contribution is -0.126. The summed E-state index contributed by atoms with van der Waals surface area (Å²) in [5.41, 5.74) is 4.47. The number of rotatable bonds is 2. The molecule has 0 unspecified atom stereocenters. The predicted octanol–water partition coefficient (Wildman–Crippen LogP) is 2.86. The number of nitrogens with zero attached hydrogens (tertiary/aromatic N) is 1. The molecule has 1 aliphatic carbocycles. The minimum atomic E-state index is -0.535. The van der Waals surface area contributed by atoms with Crippen LogP contribution in [-0.4, -0.2) is 23.6 Å². The van der Waals surface area contributed by atoms with Crippen LogP contribution in [0.3, 0.4) is 0 Å². The highest BCUT2D eigenvalue weighted by Gasteiger charge is 2.48. The molecule has 1 fully saturated rings. The summed E-state index contributed by atoms with van der Waals surface area (Å²) in [5, 5.41) is 8.78. The SMILES string of the molecule is O=C(NO)c1ccc2c(c1)CC[C@]1(CCN(c3ccc(F)cc3)C1=O)C2. The molecule has 2 N–H and O–H groups in total. The molecule has 1 saturated heterocycles. The number of hydroxylamine groups is 1. The second-order valence-corrected chi connectivity index (χ2v) is 7.06. The molecule has 2 aromatic carbocycles. The number of carbonyl (C=O) groups excluding carboxylic acids is 2. The Kier molecular flexibility index (Phi) is 4.00. The summed E-state index contributed by atoms with van der Waals surface area (Å²) in [6.07, 6.45) is 2.84. The van der Waals surface area contributed by atoms with E-state index in [0.29, 0.717) is 24.9 Å². The Morgan fingerprint density at radius 3 is 2.62 bits per heavy atom. The molecule has 2 aliphatic rings. The summed E-state index contributed by atoms with van der Waals surface area (Å²) >= 11 is 0. The van der Waals surface area contributed by atoms with Gasteiger partial charge in [0.25, 0.3) is 5.91 Å². The third-order valence-corrected chi connectivity index (χ3v) is 5.62. The van der Waals surface area contributed by atoms with E-state index < -0.39 is 11.3 Å². The zero-order valence-corrected chi connectivity index (χ0v) is 14.2. The zero-order chi connectivity index (χ0) is 18.3. The van der Waals surface area contributed by atoms with Crippen LogP contribution in [0.5, 0.6) is 0 Å². The lowest BCUT2D eigenvalue weighted by atomic mass is 9.70. The fourth-order valence-electron chi connectivity index (χ4n) is 4.15. The van der Waals surface area contributed by atoms with Crippen molar-refractivity contribution in [3.05, 3.63) is 65.0 Å². The molecule has 0 aromatic heterocycles. The van der Waals surface area contributed by atoms with Crippen molar-refractivity contribution >= 4 is 17.5 Å². The normalized spacial score (nSPS) is 21.8. The van der Waals surface area contributed by atoms with Crippen molar-refractivity contribution in [2.24, 2.45) is 5.41 Å². The molecule has 0 bridgehead atoms. The van der Waals surface area contributed by atoms with Crippen LogP contribution in [0.2, 0.25) is 0 Å². The number of halogens is 1. The second-order valence-electron chi connectivity index (χ2n) is 7.06. The van der Waals surface area contributed by atoms with Gasteiger partial charge in [0, 0.05) is 17.8 Å². The number of anilines is 1. The Labute approximate surface area is 150 Å². The van der Waals surface area contributed by atoms with Crippen LogP contribution in [0.15, 0.2) is 42.5 Å². The number of carbonyl (C=O) groups is 2. The molecular formula is C20H19FN2O3. The van der Waals surface area contributed by atoms with E-state index in [1.165, 1.54) is 12.1 Å². The van der Waals surface area contributed by atoms with Gasteiger partial charge in [-0.2, -0.15) is 0 Å². The third-order valence-electron chi connectivity index (χ3n) is 5.62. The molecule has 5 nitrogen and oxygen atoms in total. The van der Waals surface area contributed by atoms with E-state index in [1.807, 2.05) is 6.07 Å². The smallest absolute Gasteiger partial charge is 0.274 e. The number of aryl methyl sites for hydroxylation is 1. The quantitative estimate of drug-likeness (QED) is 0.644. The summed E-state index contributed by atoms with van der Waals surface area (Å²) in [6, 6.07) is 11.3. The molecule has 1 aliphatic heterocycles. The summed E-state index contributed by atoms with van der Waals surface area (Å²) in [4.78, 5) is 26.5.